The minimum absolute atomic E-state index is 0.176. The van der Waals surface area contributed by atoms with Crippen molar-refractivity contribution in [1.29, 1.82) is 0 Å². The Morgan fingerprint density at radius 2 is 0.860 bits per heavy atom. The van der Waals surface area contributed by atoms with E-state index in [0.717, 1.165) is 67.1 Å². The molecule has 1 aliphatic rings. The molecule has 0 bridgehead atoms. The quantitative estimate of drug-likeness (QED) is 0.217. The van der Waals surface area contributed by atoms with Gasteiger partial charge in [0.2, 0.25) is 0 Å². The van der Waals surface area contributed by atoms with Gasteiger partial charge >= 0.3 is 8.60 Å². The molecule has 0 spiro atoms. The smallest absolute Gasteiger partial charge is 0.507 e. The first-order valence-electron chi connectivity index (χ1n) is 18.0. The molecule has 1 aliphatic heterocycles. The molecular formula is C45H59O4P. The van der Waals surface area contributed by atoms with E-state index in [9.17, 15) is 5.11 Å². The van der Waals surface area contributed by atoms with Crippen molar-refractivity contribution in [1.82, 2.24) is 0 Å². The molecule has 0 atom stereocenters. The van der Waals surface area contributed by atoms with Gasteiger partial charge in [0.05, 0.1) is 0 Å². The highest BCUT2D eigenvalue weighted by molar-refractivity contribution is 7.43. The van der Waals surface area contributed by atoms with Crippen LogP contribution in [0.4, 0.5) is 0 Å². The average Bonchev–Trinajstić information content (AvgIpc) is 2.93. The van der Waals surface area contributed by atoms with Crippen LogP contribution in [0.1, 0.15) is 139 Å². The summed E-state index contributed by atoms with van der Waals surface area (Å²) in [6, 6.07) is 17.5. The SMILES string of the molecule is Cc1cc(-c2cc(C)cc(C(C)(C)C)c2OP2Oc3c(cc(C)cc3C(C)(C)C)Cc3cc(C)cc(C(C)(C)C)c3O2)c(O)c(C(C)(C)C)c1. The summed E-state index contributed by atoms with van der Waals surface area (Å²) in [7, 11) is -2.02. The summed E-state index contributed by atoms with van der Waals surface area (Å²) < 4.78 is 21.4. The molecule has 5 rings (SSSR count). The Morgan fingerprint density at radius 1 is 0.500 bits per heavy atom. The molecular weight excluding hydrogens is 635 g/mol. The van der Waals surface area contributed by atoms with Crippen LogP contribution >= 0.6 is 8.60 Å². The molecule has 1 N–H and O–H groups in total. The van der Waals surface area contributed by atoms with Gasteiger partial charge in [0.15, 0.2) is 0 Å². The van der Waals surface area contributed by atoms with Gasteiger partial charge in [0.25, 0.3) is 0 Å². The normalized spacial score (nSPS) is 14.2. The first kappa shape index (κ1) is 37.8. The summed E-state index contributed by atoms with van der Waals surface area (Å²) in [6.07, 6.45) is 0.694. The van der Waals surface area contributed by atoms with Crippen molar-refractivity contribution >= 4 is 8.60 Å². The zero-order valence-electron chi connectivity index (χ0n) is 33.4. The summed E-state index contributed by atoms with van der Waals surface area (Å²) in [6.45, 7) is 34.9. The van der Waals surface area contributed by atoms with Crippen LogP contribution < -0.4 is 13.6 Å². The monoisotopic (exact) mass is 694 g/mol. The number of phenols is 1. The summed E-state index contributed by atoms with van der Waals surface area (Å²) >= 11 is 0. The number of phenolic OH excluding ortho intramolecular Hbond substituents is 1. The lowest BCUT2D eigenvalue weighted by molar-refractivity contribution is 0.366. The topological polar surface area (TPSA) is 47.9 Å². The number of hydrogen-bond acceptors (Lipinski definition) is 4. The molecule has 0 unspecified atom stereocenters. The van der Waals surface area contributed by atoms with Crippen LogP contribution in [0, 0.1) is 27.7 Å². The predicted octanol–water partition coefficient (Wildman–Crippen LogP) is 13.2. The van der Waals surface area contributed by atoms with Crippen LogP contribution in [0.15, 0.2) is 48.5 Å². The minimum atomic E-state index is -2.02. The molecule has 4 aromatic carbocycles. The fourth-order valence-electron chi connectivity index (χ4n) is 6.96. The van der Waals surface area contributed by atoms with E-state index in [4.69, 9.17) is 13.6 Å². The average molecular weight is 695 g/mol. The molecule has 268 valence electrons. The first-order valence-corrected chi connectivity index (χ1v) is 19.1. The maximum atomic E-state index is 12.0. The first-order chi connectivity index (χ1) is 22.8. The highest BCUT2D eigenvalue weighted by atomic mass is 31.2. The van der Waals surface area contributed by atoms with Gasteiger partial charge in [-0.05, 0) is 83.7 Å². The highest BCUT2D eigenvalue weighted by Gasteiger charge is 2.36. The Labute approximate surface area is 303 Å². The van der Waals surface area contributed by atoms with Crippen LogP contribution in [0.2, 0.25) is 0 Å². The van der Waals surface area contributed by atoms with Gasteiger partial charge in [-0.2, -0.15) is 0 Å². The fourth-order valence-corrected chi connectivity index (χ4v) is 8.15. The van der Waals surface area contributed by atoms with E-state index >= 15 is 0 Å². The molecule has 0 fully saturated rings. The van der Waals surface area contributed by atoms with Gasteiger partial charge in [-0.1, -0.05) is 131 Å². The van der Waals surface area contributed by atoms with Gasteiger partial charge in [-0.25, -0.2) is 0 Å². The Hall–Kier alpha value is -3.49. The second-order valence-electron chi connectivity index (χ2n) is 18.7. The standard InChI is InChI=1S/C45H59O4P/c1-26-17-30-25-31-18-27(2)23-36(44(11,12)13)40(31)48-50(47-39(30)35(22-26)43(8,9)10)49-41-33(20-29(4)24-37(41)45(14,15)16)32-19-28(3)21-34(38(32)46)42(5,6)7/h17-24,46H,25H2,1-16H3. The molecule has 1 heterocycles. The second-order valence-corrected chi connectivity index (χ2v) is 19.7. The minimum Gasteiger partial charge on any atom is -0.507 e. The molecule has 0 amide bonds. The number of aromatic hydroxyl groups is 1. The van der Waals surface area contributed by atoms with Crippen LogP contribution in [0.3, 0.4) is 0 Å². The molecule has 0 saturated heterocycles. The molecule has 0 aromatic heterocycles. The number of hydrogen-bond donors (Lipinski definition) is 1. The van der Waals surface area contributed by atoms with Crippen LogP contribution in [0.25, 0.3) is 11.1 Å². The van der Waals surface area contributed by atoms with Crippen molar-refractivity contribution in [2.45, 2.75) is 139 Å². The maximum Gasteiger partial charge on any atom is 0.530 e. The van der Waals surface area contributed by atoms with Crippen molar-refractivity contribution in [2.75, 3.05) is 0 Å². The Kier molecular flexibility index (Phi) is 9.76. The molecule has 0 radical (unpaired) electrons. The van der Waals surface area contributed by atoms with E-state index in [2.05, 4.69) is 159 Å². The van der Waals surface area contributed by atoms with Crippen molar-refractivity contribution < 1.29 is 18.7 Å². The zero-order valence-corrected chi connectivity index (χ0v) is 34.3. The molecule has 50 heavy (non-hydrogen) atoms. The Morgan fingerprint density at radius 3 is 1.28 bits per heavy atom. The summed E-state index contributed by atoms with van der Waals surface area (Å²) in [5.74, 6) is 2.61. The molecule has 4 nitrogen and oxygen atoms in total. The van der Waals surface area contributed by atoms with E-state index in [1.165, 1.54) is 11.1 Å². The number of rotatable bonds is 3. The van der Waals surface area contributed by atoms with E-state index in [0.29, 0.717) is 12.2 Å². The fraction of sp³-hybridized carbons (Fsp3) is 0.467. The van der Waals surface area contributed by atoms with Gasteiger partial charge in [-0.15, -0.1) is 0 Å². The molecule has 5 heteroatoms. The Bertz CT molecular complexity index is 1870. The maximum absolute atomic E-state index is 12.0. The van der Waals surface area contributed by atoms with E-state index in [1.54, 1.807) is 0 Å². The third-order valence-electron chi connectivity index (χ3n) is 9.51. The third-order valence-corrected chi connectivity index (χ3v) is 10.5. The summed E-state index contributed by atoms with van der Waals surface area (Å²) in [4.78, 5) is 0. The predicted molar refractivity (Wildman–Crippen MR) is 212 cm³/mol. The van der Waals surface area contributed by atoms with Crippen LogP contribution in [0.5, 0.6) is 23.0 Å². The van der Waals surface area contributed by atoms with Crippen molar-refractivity contribution in [2.24, 2.45) is 0 Å². The lowest BCUT2D eigenvalue weighted by atomic mass is 9.80. The molecule has 0 aliphatic carbocycles. The largest absolute Gasteiger partial charge is 0.530 e. The number of fused-ring (bicyclic) bond motifs is 2. The lowest BCUT2D eigenvalue weighted by Gasteiger charge is -2.33. The van der Waals surface area contributed by atoms with E-state index < -0.39 is 8.60 Å². The summed E-state index contributed by atoms with van der Waals surface area (Å²) in [5, 5.41) is 12.0. The van der Waals surface area contributed by atoms with Crippen molar-refractivity contribution in [3.05, 3.63) is 104 Å². The third kappa shape index (κ3) is 7.71. The van der Waals surface area contributed by atoms with Gasteiger partial charge in [-0.3, -0.25) is 0 Å². The second kappa shape index (κ2) is 12.9. The van der Waals surface area contributed by atoms with Crippen LogP contribution in [-0.4, -0.2) is 5.11 Å². The highest BCUT2D eigenvalue weighted by Crippen LogP contribution is 2.55. The number of aryl methyl sites for hydroxylation is 4. The van der Waals surface area contributed by atoms with Crippen LogP contribution in [-0.2, 0) is 28.1 Å². The summed E-state index contributed by atoms with van der Waals surface area (Å²) in [5.41, 5.74) is 11.7. The van der Waals surface area contributed by atoms with Gasteiger partial charge < -0.3 is 18.7 Å². The van der Waals surface area contributed by atoms with E-state index in [1.807, 2.05) is 0 Å². The Balaban J connectivity index is 1.83. The van der Waals surface area contributed by atoms with Crippen molar-refractivity contribution in [3.63, 3.8) is 0 Å². The molecule has 4 aromatic rings. The lowest BCUT2D eigenvalue weighted by Crippen LogP contribution is -2.20. The van der Waals surface area contributed by atoms with Crippen molar-refractivity contribution in [3.8, 4) is 34.1 Å². The zero-order chi connectivity index (χ0) is 37.3. The number of benzene rings is 4. The van der Waals surface area contributed by atoms with Gasteiger partial charge in [0, 0.05) is 39.8 Å². The van der Waals surface area contributed by atoms with Gasteiger partial charge in [0.1, 0.15) is 23.0 Å². The van der Waals surface area contributed by atoms with E-state index in [-0.39, 0.29) is 27.4 Å². The molecule has 0 saturated carbocycles.